The highest BCUT2D eigenvalue weighted by Crippen LogP contribution is 2.12. The van der Waals surface area contributed by atoms with Gasteiger partial charge in [0.15, 0.2) is 0 Å². The van der Waals surface area contributed by atoms with E-state index in [1.165, 1.54) is 0 Å². The SMILES string of the molecule is CC(C)[C@H](NC(=O)c1c(F)cccc1F)C(=O)[O-]. The van der Waals surface area contributed by atoms with Crippen molar-refractivity contribution in [2.75, 3.05) is 0 Å². The van der Waals surface area contributed by atoms with Crippen LogP contribution in [0.2, 0.25) is 0 Å². The second-order valence-corrected chi connectivity index (χ2v) is 4.11. The number of halogens is 2. The number of amides is 1. The number of hydrogen-bond donors (Lipinski definition) is 1. The average molecular weight is 256 g/mol. The van der Waals surface area contributed by atoms with Gasteiger partial charge in [0.25, 0.3) is 5.91 Å². The fourth-order valence-electron chi connectivity index (χ4n) is 1.43. The van der Waals surface area contributed by atoms with Crippen LogP contribution >= 0.6 is 0 Å². The maximum Gasteiger partial charge on any atom is 0.257 e. The summed E-state index contributed by atoms with van der Waals surface area (Å²) < 4.78 is 26.6. The third-order valence-electron chi connectivity index (χ3n) is 2.40. The molecule has 0 aliphatic rings. The third kappa shape index (κ3) is 3.03. The molecule has 0 radical (unpaired) electrons. The van der Waals surface area contributed by atoms with Crippen LogP contribution in [0, 0.1) is 17.6 Å². The van der Waals surface area contributed by atoms with Crippen LogP contribution in [0.25, 0.3) is 0 Å². The Morgan fingerprint density at radius 1 is 1.22 bits per heavy atom. The molecule has 0 aliphatic heterocycles. The standard InChI is InChI=1S/C12H13F2NO3/c1-6(2)10(12(17)18)15-11(16)9-7(13)4-3-5-8(9)14/h3-6,10H,1-2H3,(H,15,16)(H,17,18)/p-1/t10-/m0/s1. The van der Waals surface area contributed by atoms with Gasteiger partial charge in [-0.3, -0.25) is 4.79 Å². The second kappa shape index (κ2) is 5.57. The van der Waals surface area contributed by atoms with Crippen molar-refractivity contribution in [3.8, 4) is 0 Å². The van der Waals surface area contributed by atoms with E-state index in [4.69, 9.17) is 0 Å². The summed E-state index contributed by atoms with van der Waals surface area (Å²) in [5.74, 6) is -5.18. The first-order chi connectivity index (χ1) is 8.34. The minimum absolute atomic E-state index is 0.464. The van der Waals surface area contributed by atoms with Crippen LogP contribution in [0.5, 0.6) is 0 Å². The summed E-state index contributed by atoms with van der Waals surface area (Å²) in [6.07, 6.45) is 0. The number of carboxylic acids is 1. The van der Waals surface area contributed by atoms with Gasteiger partial charge in [-0.15, -0.1) is 0 Å². The molecule has 1 N–H and O–H groups in total. The summed E-state index contributed by atoms with van der Waals surface area (Å²) >= 11 is 0. The Labute approximate surface area is 103 Å². The molecule has 0 saturated carbocycles. The zero-order chi connectivity index (χ0) is 13.9. The Balaban J connectivity index is 2.98. The van der Waals surface area contributed by atoms with Gasteiger partial charge in [-0.1, -0.05) is 19.9 Å². The Kier molecular flexibility index (Phi) is 4.36. The highest BCUT2D eigenvalue weighted by atomic mass is 19.1. The molecule has 1 rings (SSSR count). The zero-order valence-corrected chi connectivity index (χ0v) is 9.87. The van der Waals surface area contributed by atoms with E-state index < -0.39 is 41.0 Å². The van der Waals surface area contributed by atoms with E-state index in [1.807, 2.05) is 5.32 Å². The molecule has 1 atom stereocenters. The van der Waals surface area contributed by atoms with E-state index in [-0.39, 0.29) is 0 Å². The first-order valence-electron chi connectivity index (χ1n) is 5.30. The molecule has 98 valence electrons. The molecule has 1 aromatic carbocycles. The first-order valence-corrected chi connectivity index (χ1v) is 5.30. The summed E-state index contributed by atoms with van der Waals surface area (Å²) in [6, 6.07) is 1.64. The Morgan fingerprint density at radius 2 is 1.72 bits per heavy atom. The molecular formula is C12H12F2NO3-. The van der Waals surface area contributed by atoms with Gasteiger partial charge in [0.2, 0.25) is 0 Å². The fraction of sp³-hybridized carbons (Fsp3) is 0.333. The molecule has 18 heavy (non-hydrogen) atoms. The predicted octanol–water partition coefficient (Wildman–Crippen LogP) is 0.469. The smallest absolute Gasteiger partial charge is 0.257 e. The van der Waals surface area contributed by atoms with Crippen molar-refractivity contribution < 1.29 is 23.5 Å². The van der Waals surface area contributed by atoms with Crippen molar-refractivity contribution in [3.05, 3.63) is 35.4 Å². The maximum atomic E-state index is 13.3. The van der Waals surface area contributed by atoms with Gasteiger partial charge in [-0.25, -0.2) is 8.78 Å². The van der Waals surface area contributed by atoms with Crippen LogP contribution in [-0.2, 0) is 4.79 Å². The molecule has 6 heteroatoms. The molecule has 0 heterocycles. The van der Waals surface area contributed by atoms with Gasteiger partial charge in [0, 0.05) is 0 Å². The van der Waals surface area contributed by atoms with Crippen molar-refractivity contribution in [3.63, 3.8) is 0 Å². The number of carbonyl (C=O) groups is 2. The number of rotatable bonds is 4. The van der Waals surface area contributed by atoms with Crippen LogP contribution < -0.4 is 10.4 Å². The maximum absolute atomic E-state index is 13.3. The number of aliphatic carboxylic acids is 1. The van der Waals surface area contributed by atoms with Gasteiger partial charge in [0.1, 0.15) is 17.2 Å². The largest absolute Gasteiger partial charge is 0.548 e. The lowest BCUT2D eigenvalue weighted by molar-refractivity contribution is -0.309. The summed E-state index contributed by atoms with van der Waals surface area (Å²) in [6.45, 7) is 3.08. The van der Waals surface area contributed by atoms with E-state index >= 15 is 0 Å². The Bertz CT molecular complexity index is 454. The molecule has 0 aromatic heterocycles. The fourth-order valence-corrected chi connectivity index (χ4v) is 1.43. The molecule has 0 bridgehead atoms. The molecule has 4 nitrogen and oxygen atoms in total. The molecule has 0 saturated heterocycles. The number of nitrogens with one attached hydrogen (secondary N) is 1. The molecule has 0 spiro atoms. The third-order valence-corrected chi connectivity index (χ3v) is 2.40. The van der Waals surface area contributed by atoms with Gasteiger partial charge < -0.3 is 15.2 Å². The van der Waals surface area contributed by atoms with Crippen LogP contribution in [0.15, 0.2) is 18.2 Å². The average Bonchev–Trinajstić information content (AvgIpc) is 2.24. The summed E-state index contributed by atoms with van der Waals surface area (Å²) in [5, 5.41) is 12.8. The Hall–Kier alpha value is -1.98. The molecule has 0 aliphatic carbocycles. The minimum atomic E-state index is -1.50. The normalized spacial score (nSPS) is 12.3. The van der Waals surface area contributed by atoms with Crippen LogP contribution in [-0.4, -0.2) is 17.9 Å². The summed E-state index contributed by atoms with van der Waals surface area (Å²) in [5.41, 5.74) is -0.801. The number of hydrogen-bond acceptors (Lipinski definition) is 3. The van der Waals surface area contributed by atoms with Crippen molar-refractivity contribution >= 4 is 11.9 Å². The summed E-state index contributed by atoms with van der Waals surface area (Å²) in [4.78, 5) is 22.4. The van der Waals surface area contributed by atoms with E-state index in [9.17, 15) is 23.5 Å². The highest BCUT2D eigenvalue weighted by molar-refractivity contribution is 5.96. The molecule has 1 aromatic rings. The Morgan fingerprint density at radius 3 is 2.11 bits per heavy atom. The number of benzene rings is 1. The van der Waals surface area contributed by atoms with Gasteiger partial charge in [-0.2, -0.15) is 0 Å². The zero-order valence-electron chi connectivity index (χ0n) is 9.87. The van der Waals surface area contributed by atoms with E-state index in [2.05, 4.69) is 0 Å². The van der Waals surface area contributed by atoms with Crippen LogP contribution in [0.1, 0.15) is 24.2 Å². The highest BCUT2D eigenvalue weighted by Gasteiger charge is 2.22. The lowest BCUT2D eigenvalue weighted by atomic mass is 10.0. The van der Waals surface area contributed by atoms with Crippen molar-refractivity contribution in [2.24, 2.45) is 5.92 Å². The molecule has 0 fully saturated rings. The lowest BCUT2D eigenvalue weighted by Gasteiger charge is -2.23. The second-order valence-electron chi connectivity index (χ2n) is 4.11. The van der Waals surface area contributed by atoms with Crippen LogP contribution in [0.3, 0.4) is 0 Å². The van der Waals surface area contributed by atoms with Crippen molar-refractivity contribution in [1.82, 2.24) is 5.32 Å². The lowest BCUT2D eigenvalue weighted by Crippen LogP contribution is -2.51. The number of carboxylic acid groups (broad SMARTS) is 1. The van der Waals surface area contributed by atoms with Crippen molar-refractivity contribution in [1.29, 1.82) is 0 Å². The van der Waals surface area contributed by atoms with E-state index in [0.29, 0.717) is 0 Å². The monoisotopic (exact) mass is 256 g/mol. The van der Waals surface area contributed by atoms with Gasteiger partial charge in [-0.05, 0) is 18.1 Å². The van der Waals surface area contributed by atoms with E-state index in [1.54, 1.807) is 13.8 Å². The first kappa shape index (κ1) is 14.1. The van der Waals surface area contributed by atoms with E-state index in [0.717, 1.165) is 18.2 Å². The van der Waals surface area contributed by atoms with Crippen molar-refractivity contribution in [2.45, 2.75) is 19.9 Å². The van der Waals surface area contributed by atoms with Gasteiger partial charge >= 0.3 is 0 Å². The molecule has 0 unspecified atom stereocenters. The topological polar surface area (TPSA) is 69.2 Å². The quantitative estimate of drug-likeness (QED) is 0.851. The number of carbonyl (C=O) groups excluding carboxylic acids is 2. The molecule has 1 amide bonds. The van der Waals surface area contributed by atoms with Gasteiger partial charge in [0.05, 0.1) is 12.0 Å². The molecular weight excluding hydrogens is 244 g/mol. The van der Waals surface area contributed by atoms with Crippen LogP contribution in [0.4, 0.5) is 8.78 Å². The minimum Gasteiger partial charge on any atom is -0.548 e. The predicted molar refractivity (Wildman–Crippen MR) is 57.5 cm³/mol. The summed E-state index contributed by atoms with van der Waals surface area (Å²) in [7, 11) is 0.